The molecule has 0 aliphatic carbocycles. The highest BCUT2D eigenvalue weighted by Crippen LogP contribution is 1.97. The first-order valence-corrected chi connectivity index (χ1v) is 5.23. The van der Waals surface area contributed by atoms with E-state index in [1.807, 2.05) is 0 Å². The van der Waals surface area contributed by atoms with Crippen molar-refractivity contribution in [2.45, 2.75) is 25.3 Å². The summed E-state index contributed by atoms with van der Waals surface area (Å²) < 4.78 is 0. The van der Waals surface area contributed by atoms with Crippen LogP contribution < -0.4 is 22.1 Å². The van der Waals surface area contributed by atoms with Crippen molar-refractivity contribution in [1.82, 2.24) is 10.6 Å². The molecule has 7 N–H and O–H groups in total. The average molecular weight is 246 g/mol. The van der Waals surface area contributed by atoms with Crippen LogP contribution in [0.15, 0.2) is 0 Å². The van der Waals surface area contributed by atoms with E-state index >= 15 is 0 Å². The molecule has 0 radical (unpaired) electrons. The molecule has 1 unspecified atom stereocenters. The quantitative estimate of drug-likeness (QED) is 0.325. The zero-order chi connectivity index (χ0) is 13.3. The van der Waals surface area contributed by atoms with E-state index in [1.54, 1.807) is 0 Å². The maximum atomic E-state index is 11.2. The Morgan fingerprint density at radius 3 is 2.41 bits per heavy atom. The zero-order valence-electron chi connectivity index (χ0n) is 9.44. The van der Waals surface area contributed by atoms with Gasteiger partial charge in [-0.25, -0.2) is 9.59 Å². The standard InChI is InChI=1S/C9H18N4O4/c10-4-1-5-12-9(17)13-6(8(15)16)2-3-7(11)14/h6H,1-5,10H2,(H2,11,14)(H,15,16)(H2,12,13,17). The number of carbonyl (C=O) groups excluding carboxylic acids is 2. The Morgan fingerprint density at radius 1 is 1.29 bits per heavy atom. The number of hydrogen-bond donors (Lipinski definition) is 5. The Morgan fingerprint density at radius 2 is 1.94 bits per heavy atom. The van der Waals surface area contributed by atoms with Crippen LogP contribution in [0.5, 0.6) is 0 Å². The molecule has 0 aliphatic rings. The van der Waals surface area contributed by atoms with Gasteiger partial charge < -0.3 is 27.2 Å². The van der Waals surface area contributed by atoms with Gasteiger partial charge in [0.2, 0.25) is 5.91 Å². The number of aliphatic carboxylic acids is 1. The molecule has 1 atom stereocenters. The molecule has 0 heterocycles. The molecular formula is C9H18N4O4. The fourth-order valence-corrected chi connectivity index (χ4v) is 1.06. The molecule has 0 fully saturated rings. The fourth-order valence-electron chi connectivity index (χ4n) is 1.06. The lowest BCUT2D eigenvalue weighted by Crippen LogP contribution is -2.46. The normalized spacial score (nSPS) is 11.6. The average Bonchev–Trinajstić information content (AvgIpc) is 2.23. The smallest absolute Gasteiger partial charge is 0.326 e. The van der Waals surface area contributed by atoms with Crippen LogP contribution in [0.25, 0.3) is 0 Å². The molecule has 0 aromatic carbocycles. The molecule has 0 bridgehead atoms. The number of carbonyl (C=O) groups is 3. The SMILES string of the molecule is NCCCNC(=O)NC(CCC(N)=O)C(=O)O. The largest absolute Gasteiger partial charge is 0.480 e. The number of nitrogens with one attached hydrogen (secondary N) is 2. The lowest BCUT2D eigenvalue weighted by atomic mass is 10.1. The van der Waals surface area contributed by atoms with Gasteiger partial charge in [-0.2, -0.15) is 0 Å². The molecule has 17 heavy (non-hydrogen) atoms. The van der Waals surface area contributed by atoms with E-state index < -0.39 is 23.9 Å². The number of primary amides is 1. The van der Waals surface area contributed by atoms with Crippen molar-refractivity contribution in [2.75, 3.05) is 13.1 Å². The maximum absolute atomic E-state index is 11.2. The minimum Gasteiger partial charge on any atom is -0.480 e. The summed E-state index contributed by atoms with van der Waals surface area (Å²) in [6, 6.07) is -1.73. The zero-order valence-corrected chi connectivity index (χ0v) is 9.44. The first-order chi connectivity index (χ1) is 7.97. The first kappa shape index (κ1) is 15.2. The van der Waals surface area contributed by atoms with Gasteiger partial charge in [0.1, 0.15) is 6.04 Å². The Bertz CT molecular complexity index is 282. The highest BCUT2D eigenvalue weighted by molar-refractivity contribution is 5.83. The van der Waals surface area contributed by atoms with Crippen LogP contribution in [-0.4, -0.2) is 42.1 Å². The van der Waals surface area contributed by atoms with Gasteiger partial charge in [0, 0.05) is 13.0 Å². The number of hydrogen-bond acceptors (Lipinski definition) is 4. The molecule has 0 aliphatic heterocycles. The van der Waals surface area contributed by atoms with E-state index in [-0.39, 0.29) is 12.8 Å². The number of amides is 3. The van der Waals surface area contributed by atoms with Gasteiger partial charge in [-0.15, -0.1) is 0 Å². The van der Waals surface area contributed by atoms with Crippen molar-refractivity contribution in [3.63, 3.8) is 0 Å². The summed E-state index contributed by atoms with van der Waals surface area (Å²) in [6.07, 6.45) is 0.474. The van der Waals surface area contributed by atoms with Crippen molar-refractivity contribution in [1.29, 1.82) is 0 Å². The molecule has 98 valence electrons. The van der Waals surface area contributed by atoms with Crippen molar-refractivity contribution in [3.8, 4) is 0 Å². The molecule has 0 aromatic heterocycles. The Kier molecular flexibility index (Phi) is 7.44. The van der Waals surface area contributed by atoms with Gasteiger partial charge in [-0.3, -0.25) is 4.79 Å². The summed E-state index contributed by atoms with van der Waals surface area (Å²) in [5.41, 5.74) is 10.1. The molecule has 8 heteroatoms. The van der Waals surface area contributed by atoms with E-state index in [9.17, 15) is 14.4 Å². The van der Waals surface area contributed by atoms with Crippen LogP contribution in [0, 0.1) is 0 Å². The summed E-state index contributed by atoms with van der Waals surface area (Å²) in [5, 5.41) is 13.5. The summed E-state index contributed by atoms with van der Waals surface area (Å²) in [7, 11) is 0. The Labute approximate surface area is 98.7 Å². The van der Waals surface area contributed by atoms with Gasteiger partial charge in [0.25, 0.3) is 0 Å². The number of carboxylic acid groups (broad SMARTS) is 1. The summed E-state index contributed by atoms with van der Waals surface area (Å²) in [4.78, 5) is 32.5. The number of rotatable bonds is 8. The van der Waals surface area contributed by atoms with Crippen LogP contribution in [0.3, 0.4) is 0 Å². The molecule has 8 nitrogen and oxygen atoms in total. The molecule has 0 saturated carbocycles. The molecule has 3 amide bonds. The van der Waals surface area contributed by atoms with Crippen LogP contribution >= 0.6 is 0 Å². The van der Waals surface area contributed by atoms with Crippen molar-refractivity contribution >= 4 is 17.9 Å². The van der Waals surface area contributed by atoms with Crippen LogP contribution in [-0.2, 0) is 9.59 Å². The topological polar surface area (TPSA) is 148 Å². The molecule has 0 spiro atoms. The van der Waals surface area contributed by atoms with Gasteiger partial charge in [-0.1, -0.05) is 0 Å². The predicted molar refractivity (Wildman–Crippen MR) is 60.1 cm³/mol. The molecular weight excluding hydrogens is 228 g/mol. The van der Waals surface area contributed by atoms with Gasteiger partial charge >= 0.3 is 12.0 Å². The molecule has 0 aromatic rings. The second-order valence-corrected chi connectivity index (χ2v) is 3.44. The monoisotopic (exact) mass is 246 g/mol. The van der Waals surface area contributed by atoms with E-state index in [0.717, 1.165) is 0 Å². The minimum atomic E-state index is -1.21. The predicted octanol–water partition coefficient (Wildman–Crippen LogP) is -1.65. The van der Waals surface area contributed by atoms with Gasteiger partial charge in [0.15, 0.2) is 0 Å². The molecule has 0 saturated heterocycles. The summed E-state index contributed by atoms with van der Waals surface area (Å²) in [6.45, 7) is 0.800. The van der Waals surface area contributed by atoms with Crippen molar-refractivity contribution in [3.05, 3.63) is 0 Å². The van der Waals surface area contributed by atoms with Gasteiger partial charge in [0.05, 0.1) is 0 Å². The lowest BCUT2D eigenvalue weighted by Gasteiger charge is -2.14. The third-order valence-electron chi connectivity index (χ3n) is 1.95. The fraction of sp³-hybridized carbons (Fsp3) is 0.667. The van der Waals surface area contributed by atoms with E-state index in [4.69, 9.17) is 16.6 Å². The van der Waals surface area contributed by atoms with Gasteiger partial charge in [-0.05, 0) is 19.4 Å². The third kappa shape index (κ3) is 8.03. The van der Waals surface area contributed by atoms with E-state index in [2.05, 4.69) is 10.6 Å². The minimum absolute atomic E-state index is 0.0328. The molecule has 0 rings (SSSR count). The van der Waals surface area contributed by atoms with Crippen molar-refractivity contribution in [2.24, 2.45) is 11.5 Å². The highest BCUT2D eigenvalue weighted by Gasteiger charge is 2.19. The van der Waals surface area contributed by atoms with Crippen LogP contribution in [0.1, 0.15) is 19.3 Å². The summed E-state index contributed by atoms with van der Waals surface area (Å²) >= 11 is 0. The second kappa shape index (κ2) is 8.34. The Balaban J connectivity index is 4.02. The highest BCUT2D eigenvalue weighted by atomic mass is 16.4. The third-order valence-corrected chi connectivity index (χ3v) is 1.95. The van der Waals surface area contributed by atoms with Crippen LogP contribution in [0.2, 0.25) is 0 Å². The second-order valence-electron chi connectivity index (χ2n) is 3.44. The van der Waals surface area contributed by atoms with Crippen LogP contribution in [0.4, 0.5) is 4.79 Å². The van der Waals surface area contributed by atoms with E-state index in [1.165, 1.54) is 0 Å². The maximum Gasteiger partial charge on any atom is 0.326 e. The lowest BCUT2D eigenvalue weighted by molar-refractivity contribution is -0.139. The first-order valence-electron chi connectivity index (χ1n) is 5.23. The number of urea groups is 1. The van der Waals surface area contributed by atoms with E-state index in [0.29, 0.717) is 19.5 Å². The Hall–Kier alpha value is -1.83. The van der Waals surface area contributed by atoms with Crippen molar-refractivity contribution < 1.29 is 19.5 Å². The number of nitrogens with two attached hydrogens (primary N) is 2. The summed E-state index contributed by atoms with van der Waals surface area (Å²) in [5.74, 6) is -1.82. The number of carboxylic acids is 1.